The standard InChI is InChI=1S/C69H66N3O.Pt/c1-43(2)52-39-58(44(3)4)66(73)61(40-52)67-71-65-57(53-36-54(38-56(37-53)69(9,10)11)62-41-51(33-34-70-62)48-27-25-47(26-28-48)46-19-14-12-15-20-46)23-18-24-63(65)72(67)64-35-45(5)59(42-60(64)49-21-16-13-17-22-49)50-29-31-55(32-30-50)68(6,7)8;/h12-35,37-44,73H,1-11H3;/q-1;/i5D3;. The molecular weight excluding hydrogens is 1080 g/mol. The number of nitrogens with zero attached hydrogens (tertiary/aromatic N) is 3. The number of phenolic OH excluding ortho intramolecular Hbond substituents is 1. The van der Waals surface area contributed by atoms with Crippen LogP contribution in [0.1, 0.15) is 113 Å². The van der Waals surface area contributed by atoms with Gasteiger partial charge < -0.3 is 5.11 Å². The van der Waals surface area contributed by atoms with Gasteiger partial charge in [0.15, 0.2) is 0 Å². The van der Waals surface area contributed by atoms with E-state index in [1.807, 2.05) is 66.9 Å². The molecule has 10 rings (SSSR count). The maximum Gasteiger partial charge on any atom is 0.148 e. The molecule has 0 saturated heterocycles. The average Bonchev–Trinajstić information content (AvgIpc) is 3.99. The van der Waals surface area contributed by atoms with Crippen LogP contribution < -0.4 is 0 Å². The normalized spacial score (nSPS) is 12.7. The first-order chi connectivity index (χ1) is 36.1. The Bertz CT molecular complexity index is 3750. The molecule has 0 aliphatic heterocycles. The van der Waals surface area contributed by atoms with Crippen LogP contribution in [-0.2, 0) is 31.9 Å². The van der Waals surface area contributed by atoms with Crippen molar-refractivity contribution in [3.63, 3.8) is 0 Å². The molecular formula is C69H66N3OPt-. The quantitative estimate of drug-likeness (QED) is 0.139. The van der Waals surface area contributed by atoms with Gasteiger partial charge in [-0.05, 0) is 121 Å². The second-order valence-corrected chi connectivity index (χ2v) is 22.2. The molecule has 0 atom stereocenters. The zero-order valence-corrected chi connectivity index (χ0v) is 46.4. The van der Waals surface area contributed by atoms with Crippen molar-refractivity contribution in [1.82, 2.24) is 14.5 Å². The summed E-state index contributed by atoms with van der Waals surface area (Å²) in [6.07, 6.45) is 1.87. The number of para-hydroxylation sites is 1. The van der Waals surface area contributed by atoms with E-state index in [1.54, 1.807) is 0 Å². The Morgan fingerprint density at radius 3 is 1.74 bits per heavy atom. The minimum Gasteiger partial charge on any atom is -0.507 e. The third-order valence-corrected chi connectivity index (χ3v) is 14.3. The zero-order chi connectivity index (χ0) is 53.8. The third kappa shape index (κ3) is 10.2. The summed E-state index contributed by atoms with van der Waals surface area (Å²) in [5.74, 6) is 0.797. The van der Waals surface area contributed by atoms with Crippen LogP contribution in [0.15, 0.2) is 182 Å². The zero-order valence-electron chi connectivity index (χ0n) is 47.1. The number of phenols is 1. The van der Waals surface area contributed by atoms with Gasteiger partial charge in [0.05, 0.1) is 22.3 Å². The van der Waals surface area contributed by atoms with Crippen molar-refractivity contribution in [3.8, 4) is 89.7 Å². The Morgan fingerprint density at radius 1 is 0.527 bits per heavy atom. The molecule has 8 aromatic carbocycles. The maximum absolute atomic E-state index is 12.5. The number of pyridine rings is 1. The van der Waals surface area contributed by atoms with E-state index < -0.39 is 6.85 Å². The van der Waals surface area contributed by atoms with Crippen molar-refractivity contribution in [2.24, 2.45) is 0 Å². The van der Waals surface area contributed by atoms with E-state index in [-0.39, 0.29) is 55.0 Å². The monoisotopic (exact) mass is 1150 g/mol. The molecule has 0 amide bonds. The summed E-state index contributed by atoms with van der Waals surface area (Å²) >= 11 is 0. The molecule has 0 fully saturated rings. The molecule has 4 nitrogen and oxygen atoms in total. The molecule has 0 bridgehead atoms. The number of aromatic hydroxyl groups is 1. The second kappa shape index (κ2) is 20.6. The van der Waals surface area contributed by atoms with E-state index >= 15 is 0 Å². The van der Waals surface area contributed by atoms with Crippen LogP contribution in [0, 0.1) is 12.9 Å². The number of hydrogen-bond donors (Lipinski definition) is 1. The van der Waals surface area contributed by atoms with E-state index in [0.717, 1.165) is 83.5 Å². The van der Waals surface area contributed by atoms with Gasteiger partial charge in [0.25, 0.3) is 0 Å². The van der Waals surface area contributed by atoms with Crippen molar-refractivity contribution in [1.29, 1.82) is 0 Å². The topological polar surface area (TPSA) is 50.9 Å². The third-order valence-electron chi connectivity index (χ3n) is 14.3. The van der Waals surface area contributed by atoms with Crippen molar-refractivity contribution < 1.29 is 30.3 Å². The van der Waals surface area contributed by atoms with Crippen LogP contribution in [0.3, 0.4) is 0 Å². The Balaban J connectivity index is 0.00000722. The van der Waals surface area contributed by atoms with Gasteiger partial charge >= 0.3 is 0 Å². The summed E-state index contributed by atoms with van der Waals surface area (Å²) < 4.78 is 29.5. The number of hydrogen-bond acceptors (Lipinski definition) is 3. The van der Waals surface area contributed by atoms with Crippen molar-refractivity contribution in [2.45, 2.75) is 98.8 Å². The van der Waals surface area contributed by atoms with Gasteiger partial charge in [-0.3, -0.25) is 9.55 Å². The van der Waals surface area contributed by atoms with Crippen LogP contribution in [0.2, 0.25) is 0 Å². The molecule has 374 valence electrons. The number of benzene rings is 8. The molecule has 2 heterocycles. The molecule has 0 unspecified atom stereocenters. The molecule has 0 spiro atoms. The second-order valence-electron chi connectivity index (χ2n) is 22.2. The van der Waals surface area contributed by atoms with Gasteiger partial charge in [-0.2, -0.15) is 0 Å². The minimum atomic E-state index is -2.50. The summed E-state index contributed by atoms with van der Waals surface area (Å²) in [4.78, 5) is 10.6. The summed E-state index contributed by atoms with van der Waals surface area (Å²) in [5, 5.41) is 12.5. The fraction of sp³-hybridized carbons (Fsp3) is 0.217. The largest absolute Gasteiger partial charge is 0.507 e. The van der Waals surface area contributed by atoms with Crippen molar-refractivity contribution in [2.75, 3.05) is 0 Å². The number of imidazole rings is 1. The van der Waals surface area contributed by atoms with Crippen LogP contribution in [-0.4, -0.2) is 19.6 Å². The van der Waals surface area contributed by atoms with Gasteiger partial charge in [-0.1, -0.05) is 214 Å². The Kier molecular flexibility index (Phi) is 13.3. The SMILES string of the molecule is [2H]C([2H])([2H])c1cc(-n2c(-c3cc(C(C)C)cc(C(C)C)c3O)nc3c(-c4[c-]c(-c5cc(-c6ccc(-c7ccccc7)cc6)ccn5)cc(C(C)(C)C)c4)cccc32)c(-c2ccccc2)cc1-c1ccc(C(C)(C)C)cc1.[Pt]. The molecule has 0 aliphatic rings. The van der Waals surface area contributed by atoms with E-state index in [1.165, 1.54) is 5.56 Å². The number of rotatable bonds is 10. The summed E-state index contributed by atoms with van der Waals surface area (Å²) in [7, 11) is 0. The Labute approximate surface area is 457 Å². The summed E-state index contributed by atoms with van der Waals surface area (Å²) in [6, 6.07) is 64.1. The van der Waals surface area contributed by atoms with E-state index in [2.05, 4.69) is 195 Å². The van der Waals surface area contributed by atoms with E-state index in [9.17, 15) is 5.11 Å². The summed E-state index contributed by atoms with van der Waals surface area (Å²) in [5.41, 5.74) is 17.6. The van der Waals surface area contributed by atoms with Gasteiger partial charge in [0.2, 0.25) is 0 Å². The molecule has 74 heavy (non-hydrogen) atoms. The predicted molar refractivity (Wildman–Crippen MR) is 308 cm³/mol. The fourth-order valence-electron chi connectivity index (χ4n) is 9.91. The van der Waals surface area contributed by atoms with E-state index in [0.29, 0.717) is 28.2 Å². The first-order valence-corrected chi connectivity index (χ1v) is 25.6. The fourth-order valence-corrected chi connectivity index (χ4v) is 9.91. The first kappa shape index (κ1) is 47.8. The Hall–Kier alpha value is -7.13. The molecule has 1 N–H and O–H groups in total. The number of aryl methyl sites for hydroxylation is 1. The van der Waals surface area contributed by atoms with Crippen LogP contribution in [0.5, 0.6) is 5.75 Å². The summed E-state index contributed by atoms with van der Waals surface area (Å²) in [6.45, 7) is 19.2. The molecule has 0 radical (unpaired) electrons. The number of aromatic nitrogens is 3. The van der Waals surface area contributed by atoms with Crippen LogP contribution >= 0.6 is 0 Å². The van der Waals surface area contributed by atoms with Crippen LogP contribution in [0.4, 0.5) is 0 Å². The molecule has 2 aromatic heterocycles. The van der Waals surface area contributed by atoms with Crippen molar-refractivity contribution >= 4 is 11.0 Å². The maximum atomic E-state index is 12.5. The van der Waals surface area contributed by atoms with Crippen molar-refractivity contribution in [3.05, 3.63) is 216 Å². The molecule has 0 aliphatic carbocycles. The van der Waals surface area contributed by atoms with Gasteiger partial charge in [0, 0.05) is 42.6 Å². The minimum absolute atomic E-state index is 0. The molecule has 10 aromatic rings. The Morgan fingerprint density at radius 2 is 1.12 bits per heavy atom. The molecule has 5 heteroatoms. The smallest absolute Gasteiger partial charge is 0.148 e. The van der Waals surface area contributed by atoms with Crippen LogP contribution in [0.25, 0.3) is 95.0 Å². The van der Waals surface area contributed by atoms with Gasteiger partial charge in [0.1, 0.15) is 11.6 Å². The van der Waals surface area contributed by atoms with Gasteiger partial charge in [-0.25, -0.2) is 4.98 Å². The van der Waals surface area contributed by atoms with Gasteiger partial charge in [-0.15, -0.1) is 29.3 Å². The van der Waals surface area contributed by atoms with E-state index in [4.69, 9.17) is 14.1 Å². The average molecular weight is 1150 g/mol. The number of fused-ring (bicyclic) bond motifs is 1. The predicted octanol–water partition coefficient (Wildman–Crippen LogP) is 18.7. The molecule has 0 saturated carbocycles. The first-order valence-electron chi connectivity index (χ1n) is 27.1.